The highest BCUT2D eigenvalue weighted by atomic mass is 35.5. The number of fused-ring (bicyclic) bond motifs is 1. The SMILES string of the molecule is O=C(CCC(=O)N1CCc2nc(NC(=O)C3CCCO3)sc2C1)c1ccc(Cl)cc1. The van der Waals surface area contributed by atoms with Gasteiger partial charge in [-0.3, -0.25) is 19.7 Å². The van der Waals surface area contributed by atoms with Gasteiger partial charge in [0.05, 0.1) is 12.2 Å². The van der Waals surface area contributed by atoms with Gasteiger partial charge in [0.1, 0.15) is 6.10 Å². The predicted octanol–water partition coefficient (Wildman–Crippen LogP) is 3.46. The molecule has 0 radical (unpaired) electrons. The summed E-state index contributed by atoms with van der Waals surface area (Å²) in [5.41, 5.74) is 1.48. The first-order valence-electron chi connectivity index (χ1n) is 9.97. The van der Waals surface area contributed by atoms with Crippen molar-refractivity contribution in [2.75, 3.05) is 18.5 Å². The van der Waals surface area contributed by atoms with Gasteiger partial charge in [0.25, 0.3) is 5.91 Å². The first-order valence-corrected chi connectivity index (χ1v) is 11.2. The third-order valence-corrected chi connectivity index (χ3v) is 6.52. The molecule has 0 spiro atoms. The predicted molar refractivity (Wildman–Crippen MR) is 114 cm³/mol. The van der Waals surface area contributed by atoms with Crippen molar-refractivity contribution in [3.8, 4) is 0 Å². The number of halogens is 1. The molecule has 4 rings (SSSR count). The van der Waals surface area contributed by atoms with Gasteiger partial charge in [0.15, 0.2) is 10.9 Å². The fourth-order valence-electron chi connectivity index (χ4n) is 3.59. The standard InChI is InChI=1S/C21H22ClN3O4S/c22-14-5-3-13(4-6-14)16(26)7-8-19(27)25-10-9-15-18(12-25)30-21(23-15)24-20(28)17-2-1-11-29-17/h3-6,17H,1-2,7-12H2,(H,23,24,28). The topological polar surface area (TPSA) is 88.6 Å². The second kappa shape index (κ2) is 9.24. The van der Waals surface area contributed by atoms with Crippen molar-refractivity contribution in [3.05, 3.63) is 45.4 Å². The first kappa shape index (κ1) is 21.0. The second-order valence-electron chi connectivity index (χ2n) is 7.38. The van der Waals surface area contributed by atoms with Crippen LogP contribution in [0.4, 0.5) is 5.13 Å². The summed E-state index contributed by atoms with van der Waals surface area (Å²) in [5, 5.41) is 3.95. The number of thiazole rings is 1. The number of hydrogen-bond donors (Lipinski definition) is 1. The number of Topliss-reactive ketones (excluding diaryl/α,β-unsaturated/α-hetero) is 1. The van der Waals surface area contributed by atoms with E-state index >= 15 is 0 Å². The van der Waals surface area contributed by atoms with E-state index in [1.54, 1.807) is 29.2 Å². The number of anilines is 1. The Bertz CT molecular complexity index is 954. The number of ether oxygens (including phenoxy) is 1. The molecule has 2 amide bonds. The molecule has 1 atom stereocenters. The quantitative estimate of drug-likeness (QED) is 0.685. The van der Waals surface area contributed by atoms with E-state index in [0.717, 1.165) is 23.4 Å². The molecule has 2 aromatic rings. The highest BCUT2D eigenvalue weighted by Crippen LogP contribution is 2.29. The molecule has 1 N–H and O–H groups in total. The van der Waals surface area contributed by atoms with Crippen molar-refractivity contribution < 1.29 is 19.1 Å². The van der Waals surface area contributed by atoms with Gasteiger partial charge in [-0.05, 0) is 37.1 Å². The number of carbonyl (C=O) groups is 3. The van der Waals surface area contributed by atoms with E-state index in [0.29, 0.717) is 41.8 Å². The highest BCUT2D eigenvalue weighted by Gasteiger charge is 2.27. The van der Waals surface area contributed by atoms with Crippen LogP contribution in [0, 0.1) is 0 Å². The Kier molecular flexibility index (Phi) is 6.46. The van der Waals surface area contributed by atoms with Crippen molar-refractivity contribution in [2.45, 2.75) is 44.8 Å². The summed E-state index contributed by atoms with van der Waals surface area (Å²) in [5.74, 6) is -0.289. The lowest BCUT2D eigenvalue weighted by Gasteiger charge is -2.26. The van der Waals surface area contributed by atoms with E-state index in [2.05, 4.69) is 10.3 Å². The Balaban J connectivity index is 1.30. The number of nitrogens with zero attached hydrogens (tertiary/aromatic N) is 2. The molecule has 2 aliphatic heterocycles. The van der Waals surface area contributed by atoms with Crippen LogP contribution in [0.3, 0.4) is 0 Å². The van der Waals surface area contributed by atoms with Crippen molar-refractivity contribution in [1.29, 1.82) is 0 Å². The monoisotopic (exact) mass is 447 g/mol. The zero-order chi connectivity index (χ0) is 21.1. The molecule has 0 aliphatic carbocycles. The number of nitrogens with one attached hydrogen (secondary N) is 1. The summed E-state index contributed by atoms with van der Waals surface area (Å²) in [6.07, 6.45) is 2.19. The van der Waals surface area contributed by atoms with Gasteiger partial charge in [-0.1, -0.05) is 22.9 Å². The Morgan fingerprint density at radius 1 is 1.23 bits per heavy atom. The van der Waals surface area contributed by atoms with Crippen LogP contribution in [0.5, 0.6) is 0 Å². The zero-order valence-electron chi connectivity index (χ0n) is 16.4. The molecule has 7 nitrogen and oxygen atoms in total. The van der Waals surface area contributed by atoms with Crippen LogP contribution in [-0.2, 0) is 27.3 Å². The van der Waals surface area contributed by atoms with E-state index in [1.807, 2.05) is 0 Å². The summed E-state index contributed by atoms with van der Waals surface area (Å²) in [4.78, 5) is 44.3. The van der Waals surface area contributed by atoms with E-state index in [4.69, 9.17) is 16.3 Å². The Morgan fingerprint density at radius 2 is 2.03 bits per heavy atom. The van der Waals surface area contributed by atoms with Gasteiger partial charge in [-0.15, -0.1) is 0 Å². The fraction of sp³-hybridized carbons (Fsp3) is 0.429. The van der Waals surface area contributed by atoms with Crippen molar-refractivity contribution in [3.63, 3.8) is 0 Å². The van der Waals surface area contributed by atoms with E-state index in [9.17, 15) is 14.4 Å². The minimum atomic E-state index is -0.401. The lowest BCUT2D eigenvalue weighted by atomic mass is 10.1. The molecule has 30 heavy (non-hydrogen) atoms. The van der Waals surface area contributed by atoms with Gasteiger partial charge < -0.3 is 9.64 Å². The van der Waals surface area contributed by atoms with Crippen LogP contribution < -0.4 is 5.32 Å². The van der Waals surface area contributed by atoms with Crippen LogP contribution in [0.1, 0.15) is 46.6 Å². The van der Waals surface area contributed by atoms with Gasteiger partial charge in [0.2, 0.25) is 5.91 Å². The number of carbonyl (C=O) groups excluding carboxylic acids is 3. The van der Waals surface area contributed by atoms with Crippen molar-refractivity contribution >= 4 is 45.7 Å². The van der Waals surface area contributed by atoms with Crippen LogP contribution in [0.2, 0.25) is 5.02 Å². The molecule has 1 saturated heterocycles. The van der Waals surface area contributed by atoms with Crippen LogP contribution >= 0.6 is 22.9 Å². The second-order valence-corrected chi connectivity index (χ2v) is 8.90. The lowest BCUT2D eigenvalue weighted by Crippen LogP contribution is -2.35. The molecule has 1 fully saturated rings. The summed E-state index contributed by atoms with van der Waals surface area (Å²) >= 11 is 7.24. The molecule has 1 unspecified atom stereocenters. The Hall–Kier alpha value is -2.29. The maximum atomic E-state index is 12.6. The maximum Gasteiger partial charge on any atom is 0.255 e. The maximum absolute atomic E-state index is 12.6. The minimum absolute atomic E-state index is 0.0543. The average Bonchev–Trinajstić information content (AvgIpc) is 3.41. The van der Waals surface area contributed by atoms with Crippen LogP contribution in [-0.4, -0.2) is 46.7 Å². The van der Waals surface area contributed by atoms with Gasteiger partial charge in [0, 0.05) is 47.9 Å². The lowest BCUT2D eigenvalue weighted by molar-refractivity contribution is -0.132. The van der Waals surface area contributed by atoms with Crippen LogP contribution in [0.15, 0.2) is 24.3 Å². The third kappa shape index (κ3) is 4.88. The molecule has 3 heterocycles. The molecule has 158 valence electrons. The third-order valence-electron chi connectivity index (χ3n) is 5.27. The van der Waals surface area contributed by atoms with E-state index in [-0.39, 0.29) is 30.4 Å². The minimum Gasteiger partial charge on any atom is -0.368 e. The van der Waals surface area contributed by atoms with Gasteiger partial charge in [-0.2, -0.15) is 0 Å². The number of benzene rings is 1. The molecular formula is C21H22ClN3O4S. The summed E-state index contributed by atoms with van der Waals surface area (Å²) in [7, 11) is 0. The molecule has 1 aromatic heterocycles. The molecule has 9 heteroatoms. The molecule has 1 aromatic carbocycles. The molecular weight excluding hydrogens is 426 g/mol. The Labute approximate surface area is 183 Å². The average molecular weight is 448 g/mol. The number of rotatable bonds is 6. The Morgan fingerprint density at radius 3 is 2.77 bits per heavy atom. The highest BCUT2D eigenvalue weighted by molar-refractivity contribution is 7.15. The van der Waals surface area contributed by atoms with Gasteiger partial charge in [-0.25, -0.2) is 4.98 Å². The summed E-state index contributed by atoms with van der Waals surface area (Å²) in [6, 6.07) is 6.68. The molecule has 0 saturated carbocycles. The van der Waals surface area contributed by atoms with Gasteiger partial charge >= 0.3 is 0 Å². The number of amides is 2. The van der Waals surface area contributed by atoms with Crippen molar-refractivity contribution in [1.82, 2.24) is 9.88 Å². The molecule has 0 bridgehead atoms. The largest absolute Gasteiger partial charge is 0.368 e. The number of hydrogen-bond acceptors (Lipinski definition) is 6. The van der Waals surface area contributed by atoms with E-state index in [1.165, 1.54) is 11.3 Å². The smallest absolute Gasteiger partial charge is 0.255 e. The summed E-state index contributed by atoms with van der Waals surface area (Å²) in [6.45, 7) is 1.63. The number of aromatic nitrogens is 1. The molecule has 2 aliphatic rings. The number of ketones is 1. The van der Waals surface area contributed by atoms with Crippen molar-refractivity contribution in [2.24, 2.45) is 0 Å². The van der Waals surface area contributed by atoms with Crippen LogP contribution in [0.25, 0.3) is 0 Å². The van der Waals surface area contributed by atoms with E-state index < -0.39 is 6.10 Å². The first-order chi connectivity index (χ1) is 14.5. The summed E-state index contributed by atoms with van der Waals surface area (Å²) < 4.78 is 5.40. The fourth-order valence-corrected chi connectivity index (χ4v) is 4.74. The normalized spacial score (nSPS) is 18.2. The zero-order valence-corrected chi connectivity index (χ0v) is 17.9.